The highest BCUT2D eigenvalue weighted by Crippen LogP contribution is 2.28. The molecular formula is C11H11ClN2OS. The van der Waals surface area contributed by atoms with Crippen LogP contribution in [0.1, 0.15) is 20.8 Å². The van der Waals surface area contributed by atoms with Gasteiger partial charge in [-0.2, -0.15) is 5.10 Å². The first kappa shape index (κ1) is 11.4. The number of Topliss-reactive ketones (excluding diaryl/α,β-unsaturated/α-hetero) is 1. The molecule has 2 heterocycles. The van der Waals surface area contributed by atoms with Crippen LogP contribution in [0.3, 0.4) is 0 Å². The number of carbonyl (C=O) groups is 1. The lowest BCUT2D eigenvalue weighted by Crippen LogP contribution is -2.01. The lowest BCUT2D eigenvalue weighted by atomic mass is 10.1. The second-order valence-corrected chi connectivity index (χ2v) is 4.94. The second-order valence-electron chi connectivity index (χ2n) is 3.68. The largest absolute Gasteiger partial charge is 0.293 e. The molecule has 0 atom stereocenters. The molecule has 2 rings (SSSR count). The Morgan fingerprint density at radius 2 is 2.38 bits per heavy atom. The molecule has 0 amide bonds. The van der Waals surface area contributed by atoms with Crippen LogP contribution in [0.5, 0.6) is 0 Å². The predicted molar refractivity (Wildman–Crippen MR) is 65.3 cm³/mol. The fraction of sp³-hybridized carbons (Fsp3) is 0.273. The number of aryl methyl sites for hydroxylation is 2. The molecular weight excluding hydrogens is 244 g/mol. The Morgan fingerprint density at radius 1 is 1.62 bits per heavy atom. The summed E-state index contributed by atoms with van der Waals surface area (Å²) in [5.74, 6) is 0.0519. The van der Waals surface area contributed by atoms with Crippen LogP contribution in [0.25, 0.3) is 0 Å². The van der Waals surface area contributed by atoms with Crippen LogP contribution in [-0.2, 0) is 13.5 Å². The van der Waals surface area contributed by atoms with Gasteiger partial charge in [0.25, 0.3) is 0 Å². The Balaban J connectivity index is 2.18. The standard InChI is InChI=1S/C11H11ClN2OS/c1-7-6-16-11(10(7)12)9(15)3-8-4-13-14(2)5-8/h4-6H,3H2,1-2H3. The number of halogens is 1. The number of aromatic nitrogens is 2. The van der Waals surface area contributed by atoms with Crippen molar-refractivity contribution in [2.75, 3.05) is 0 Å². The molecule has 0 bridgehead atoms. The highest BCUT2D eigenvalue weighted by molar-refractivity contribution is 7.13. The van der Waals surface area contributed by atoms with Crippen molar-refractivity contribution in [3.05, 3.63) is 38.8 Å². The minimum atomic E-state index is 0.0519. The quantitative estimate of drug-likeness (QED) is 0.790. The van der Waals surface area contributed by atoms with E-state index in [0.717, 1.165) is 11.1 Å². The molecule has 2 aromatic rings. The first-order valence-electron chi connectivity index (χ1n) is 4.82. The molecule has 3 nitrogen and oxygen atoms in total. The molecule has 5 heteroatoms. The molecule has 0 spiro atoms. The zero-order valence-electron chi connectivity index (χ0n) is 9.03. The zero-order chi connectivity index (χ0) is 11.7. The Kier molecular flexibility index (Phi) is 3.12. The van der Waals surface area contributed by atoms with Crippen molar-refractivity contribution in [3.63, 3.8) is 0 Å². The van der Waals surface area contributed by atoms with Gasteiger partial charge in [-0.25, -0.2) is 0 Å². The summed E-state index contributed by atoms with van der Waals surface area (Å²) in [4.78, 5) is 12.6. The van der Waals surface area contributed by atoms with Gasteiger partial charge in [-0.1, -0.05) is 11.6 Å². The van der Waals surface area contributed by atoms with Gasteiger partial charge in [0.05, 0.1) is 16.1 Å². The van der Waals surface area contributed by atoms with E-state index in [1.165, 1.54) is 11.3 Å². The van der Waals surface area contributed by atoms with Gasteiger partial charge in [0, 0.05) is 19.7 Å². The molecule has 0 aliphatic rings. The van der Waals surface area contributed by atoms with Gasteiger partial charge in [-0.15, -0.1) is 11.3 Å². The van der Waals surface area contributed by atoms with Crippen molar-refractivity contribution in [2.24, 2.45) is 7.05 Å². The summed E-state index contributed by atoms with van der Waals surface area (Å²) in [5, 5.41) is 6.51. The first-order chi connectivity index (χ1) is 7.58. The Morgan fingerprint density at radius 3 is 2.88 bits per heavy atom. The zero-order valence-corrected chi connectivity index (χ0v) is 10.6. The summed E-state index contributed by atoms with van der Waals surface area (Å²) in [6, 6.07) is 0. The lowest BCUT2D eigenvalue weighted by molar-refractivity contribution is 0.0997. The van der Waals surface area contributed by atoms with E-state index in [2.05, 4.69) is 5.10 Å². The van der Waals surface area contributed by atoms with E-state index in [9.17, 15) is 4.79 Å². The molecule has 84 valence electrons. The molecule has 0 saturated carbocycles. The number of hydrogen-bond acceptors (Lipinski definition) is 3. The smallest absolute Gasteiger partial charge is 0.178 e. The van der Waals surface area contributed by atoms with Crippen LogP contribution >= 0.6 is 22.9 Å². The van der Waals surface area contributed by atoms with Crippen LogP contribution in [0.15, 0.2) is 17.8 Å². The molecule has 2 aromatic heterocycles. The topological polar surface area (TPSA) is 34.9 Å². The number of rotatable bonds is 3. The van der Waals surface area contributed by atoms with E-state index in [-0.39, 0.29) is 5.78 Å². The number of ketones is 1. The number of carbonyl (C=O) groups excluding carboxylic acids is 1. The predicted octanol–water partition coefficient (Wildman–Crippen LogP) is 2.87. The summed E-state index contributed by atoms with van der Waals surface area (Å²) in [6.45, 7) is 1.90. The van der Waals surface area contributed by atoms with Crippen molar-refractivity contribution in [1.29, 1.82) is 0 Å². The second kappa shape index (κ2) is 4.39. The average Bonchev–Trinajstić information content (AvgIpc) is 2.76. The molecule has 0 fully saturated rings. The van der Waals surface area contributed by atoms with E-state index in [4.69, 9.17) is 11.6 Å². The van der Waals surface area contributed by atoms with Gasteiger partial charge in [-0.3, -0.25) is 9.48 Å². The van der Waals surface area contributed by atoms with Gasteiger partial charge in [-0.05, 0) is 23.4 Å². The number of hydrogen-bond donors (Lipinski definition) is 0. The van der Waals surface area contributed by atoms with Gasteiger partial charge in [0.1, 0.15) is 0 Å². The maximum Gasteiger partial charge on any atom is 0.178 e. The highest BCUT2D eigenvalue weighted by atomic mass is 35.5. The van der Waals surface area contributed by atoms with Crippen LogP contribution < -0.4 is 0 Å². The van der Waals surface area contributed by atoms with Gasteiger partial charge in [0.15, 0.2) is 5.78 Å². The van der Waals surface area contributed by atoms with E-state index in [0.29, 0.717) is 16.3 Å². The average molecular weight is 255 g/mol. The van der Waals surface area contributed by atoms with Gasteiger partial charge >= 0.3 is 0 Å². The Labute approximate surface area is 103 Å². The van der Waals surface area contributed by atoms with Crippen LogP contribution in [-0.4, -0.2) is 15.6 Å². The monoisotopic (exact) mass is 254 g/mol. The summed E-state index contributed by atoms with van der Waals surface area (Å²) in [6.07, 6.45) is 3.89. The normalized spacial score (nSPS) is 10.7. The van der Waals surface area contributed by atoms with Gasteiger partial charge < -0.3 is 0 Å². The van der Waals surface area contributed by atoms with Crippen LogP contribution in [0.2, 0.25) is 5.02 Å². The first-order valence-corrected chi connectivity index (χ1v) is 6.08. The molecule has 0 aliphatic carbocycles. The molecule has 16 heavy (non-hydrogen) atoms. The third-order valence-corrected chi connectivity index (χ3v) is 4.01. The van der Waals surface area contributed by atoms with Crippen molar-refractivity contribution < 1.29 is 4.79 Å². The highest BCUT2D eigenvalue weighted by Gasteiger charge is 2.15. The number of nitrogens with zero attached hydrogens (tertiary/aromatic N) is 2. The summed E-state index contributed by atoms with van der Waals surface area (Å²) >= 11 is 7.45. The van der Waals surface area contributed by atoms with E-state index in [1.54, 1.807) is 10.9 Å². The van der Waals surface area contributed by atoms with Crippen LogP contribution in [0.4, 0.5) is 0 Å². The fourth-order valence-electron chi connectivity index (χ4n) is 1.45. The third-order valence-electron chi connectivity index (χ3n) is 2.28. The molecule has 0 aromatic carbocycles. The third kappa shape index (κ3) is 2.18. The Bertz CT molecular complexity index is 530. The molecule has 0 aliphatic heterocycles. The van der Waals surface area contributed by atoms with E-state index < -0.39 is 0 Å². The molecule has 0 unspecified atom stereocenters. The number of thiophene rings is 1. The van der Waals surface area contributed by atoms with Crippen LogP contribution in [0, 0.1) is 6.92 Å². The fourth-order valence-corrected chi connectivity index (χ4v) is 2.69. The lowest BCUT2D eigenvalue weighted by Gasteiger charge is -1.96. The SMILES string of the molecule is Cc1csc(C(=O)Cc2cnn(C)c2)c1Cl. The molecule has 0 saturated heterocycles. The summed E-state index contributed by atoms with van der Waals surface area (Å²) in [5.41, 5.74) is 1.87. The van der Waals surface area contributed by atoms with Crippen molar-refractivity contribution in [3.8, 4) is 0 Å². The van der Waals surface area contributed by atoms with E-state index >= 15 is 0 Å². The minimum absolute atomic E-state index is 0.0519. The minimum Gasteiger partial charge on any atom is -0.293 e. The van der Waals surface area contributed by atoms with E-state index in [1.807, 2.05) is 25.5 Å². The molecule has 0 radical (unpaired) electrons. The Hall–Kier alpha value is -1.13. The summed E-state index contributed by atoms with van der Waals surface area (Å²) in [7, 11) is 1.83. The van der Waals surface area contributed by atoms with Crippen molar-refractivity contribution >= 4 is 28.7 Å². The van der Waals surface area contributed by atoms with Crippen molar-refractivity contribution in [2.45, 2.75) is 13.3 Å². The van der Waals surface area contributed by atoms with Gasteiger partial charge in [0.2, 0.25) is 0 Å². The summed E-state index contributed by atoms with van der Waals surface area (Å²) < 4.78 is 1.68. The maximum atomic E-state index is 11.9. The van der Waals surface area contributed by atoms with Crippen molar-refractivity contribution in [1.82, 2.24) is 9.78 Å². The maximum absolute atomic E-state index is 11.9. The molecule has 0 N–H and O–H groups in total.